The average Bonchev–Trinajstić information content (AvgIpc) is 2.62. The fourth-order valence-electron chi connectivity index (χ4n) is 2.56. The zero-order chi connectivity index (χ0) is 8.01. The topological polar surface area (TPSA) is 3.24 Å². The highest BCUT2D eigenvalue weighted by molar-refractivity contribution is 4.99. The second-order valence-corrected chi connectivity index (χ2v) is 4.56. The molecule has 1 saturated carbocycles. The van der Waals surface area contributed by atoms with Crippen LogP contribution in [0.3, 0.4) is 0 Å². The van der Waals surface area contributed by atoms with Gasteiger partial charge in [-0.2, -0.15) is 0 Å². The summed E-state index contributed by atoms with van der Waals surface area (Å²) in [7, 11) is 0. The molecule has 1 heterocycles. The van der Waals surface area contributed by atoms with Crippen molar-refractivity contribution < 1.29 is 0 Å². The lowest BCUT2D eigenvalue weighted by Crippen LogP contribution is -2.36. The summed E-state index contributed by atoms with van der Waals surface area (Å²) in [4.78, 5) is 2.63. The number of piperidine rings is 1. The van der Waals surface area contributed by atoms with Crippen LogP contribution < -0.4 is 0 Å². The third kappa shape index (κ3) is 1.20. The molecular formula is C10H19N. The van der Waals surface area contributed by atoms with E-state index in [1.807, 2.05) is 0 Å². The van der Waals surface area contributed by atoms with Crippen LogP contribution in [0.4, 0.5) is 0 Å². The van der Waals surface area contributed by atoms with Crippen molar-refractivity contribution in [1.82, 2.24) is 4.90 Å². The van der Waals surface area contributed by atoms with Crippen molar-refractivity contribution in [3.05, 3.63) is 0 Å². The van der Waals surface area contributed by atoms with Gasteiger partial charge < -0.3 is 4.90 Å². The molecular weight excluding hydrogens is 134 g/mol. The predicted octanol–water partition coefficient (Wildman–Crippen LogP) is 1.98. The Kier molecular flexibility index (Phi) is 1.71. The van der Waals surface area contributed by atoms with Gasteiger partial charge in [0, 0.05) is 12.6 Å². The third-order valence-corrected chi connectivity index (χ3v) is 3.69. The molecule has 1 aliphatic carbocycles. The van der Waals surface area contributed by atoms with Crippen molar-refractivity contribution in [3.8, 4) is 0 Å². The minimum absolute atomic E-state index is 0.767. The molecule has 1 heteroatoms. The second kappa shape index (κ2) is 2.48. The van der Waals surface area contributed by atoms with Gasteiger partial charge in [0.2, 0.25) is 0 Å². The first kappa shape index (κ1) is 7.60. The largest absolute Gasteiger partial charge is 0.301 e. The van der Waals surface area contributed by atoms with Crippen molar-refractivity contribution in [1.29, 1.82) is 0 Å². The molecule has 2 rings (SSSR count). The van der Waals surface area contributed by atoms with Crippen molar-refractivity contribution in [2.75, 3.05) is 13.1 Å². The molecule has 0 aromatic heterocycles. The molecule has 64 valence electrons. The molecule has 2 aliphatic rings. The van der Waals surface area contributed by atoms with E-state index >= 15 is 0 Å². The highest BCUT2D eigenvalue weighted by Crippen LogP contribution is 2.51. The van der Waals surface area contributed by atoms with Crippen LogP contribution in [-0.2, 0) is 0 Å². The first-order valence-corrected chi connectivity index (χ1v) is 4.94. The Balaban J connectivity index is 1.90. The summed E-state index contributed by atoms with van der Waals surface area (Å²) in [5.74, 6) is 3.20. The van der Waals surface area contributed by atoms with Gasteiger partial charge in [0.1, 0.15) is 0 Å². The maximum atomic E-state index is 2.63. The number of nitrogens with zero attached hydrogens (tertiary/aromatic N) is 1. The van der Waals surface area contributed by atoms with E-state index < -0.39 is 0 Å². The Hall–Kier alpha value is -0.0400. The molecule has 0 bridgehead atoms. The normalized spacial score (nSPS) is 44.2. The van der Waals surface area contributed by atoms with Gasteiger partial charge in [-0.05, 0) is 44.6 Å². The van der Waals surface area contributed by atoms with Crippen LogP contribution >= 0.6 is 0 Å². The summed E-state index contributed by atoms with van der Waals surface area (Å²) in [6, 6.07) is 0.767. The van der Waals surface area contributed by atoms with Crippen molar-refractivity contribution in [2.45, 2.75) is 33.2 Å². The van der Waals surface area contributed by atoms with E-state index in [0.717, 1.165) is 23.8 Å². The molecule has 0 aromatic rings. The van der Waals surface area contributed by atoms with Crippen LogP contribution in [0.2, 0.25) is 0 Å². The van der Waals surface area contributed by atoms with Gasteiger partial charge in [0.25, 0.3) is 0 Å². The predicted molar refractivity (Wildman–Crippen MR) is 47.5 cm³/mol. The lowest BCUT2D eigenvalue weighted by Gasteiger charge is -2.29. The van der Waals surface area contributed by atoms with Gasteiger partial charge in [-0.15, -0.1) is 0 Å². The van der Waals surface area contributed by atoms with Crippen LogP contribution in [-0.4, -0.2) is 24.0 Å². The van der Waals surface area contributed by atoms with E-state index in [1.165, 1.54) is 19.5 Å². The number of hydrogen-bond donors (Lipinski definition) is 0. The standard InChI is InChI=1S/C10H19N/c1-7(2)11-5-4-9-8(3)10(9)6-11/h7-10H,4-6H2,1-3H3. The molecule has 0 radical (unpaired) electrons. The quantitative estimate of drug-likeness (QED) is 0.557. The van der Waals surface area contributed by atoms with E-state index in [4.69, 9.17) is 0 Å². The Labute approximate surface area is 69.8 Å². The van der Waals surface area contributed by atoms with Crippen LogP contribution in [0.15, 0.2) is 0 Å². The van der Waals surface area contributed by atoms with Gasteiger partial charge in [-0.3, -0.25) is 0 Å². The van der Waals surface area contributed by atoms with E-state index in [2.05, 4.69) is 25.7 Å². The first-order valence-electron chi connectivity index (χ1n) is 4.94. The summed E-state index contributed by atoms with van der Waals surface area (Å²) in [5.41, 5.74) is 0. The molecule has 2 fully saturated rings. The van der Waals surface area contributed by atoms with Crippen molar-refractivity contribution >= 4 is 0 Å². The summed E-state index contributed by atoms with van der Waals surface area (Å²) in [6.45, 7) is 9.77. The summed E-state index contributed by atoms with van der Waals surface area (Å²) < 4.78 is 0. The van der Waals surface area contributed by atoms with Gasteiger partial charge in [0.15, 0.2) is 0 Å². The van der Waals surface area contributed by atoms with Gasteiger partial charge in [0.05, 0.1) is 0 Å². The minimum atomic E-state index is 0.767. The fraction of sp³-hybridized carbons (Fsp3) is 1.00. The highest BCUT2D eigenvalue weighted by Gasteiger charge is 2.49. The molecule has 1 nitrogen and oxygen atoms in total. The number of likely N-dealkylation sites (tertiary alicyclic amines) is 1. The lowest BCUT2D eigenvalue weighted by molar-refractivity contribution is 0.177. The lowest BCUT2D eigenvalue weighted by atomic mass is 10.1. The Morgan fingerprint density at radius 2 is 2.00 bits per heavy atom. The van der Waals surface area contributed by atoms with Crippen molar-refractivity contribution in [3.63, 3.8) is 0 Å². The fourth-order valence-corrected chi connectivity index (χ4v) is 2.56. The molecule has 11 heavy (non-hydrogen) atoms. The Morgan fingerprint density at radius 1 is 1.27 bits per heavy atom. The van der Waals surface area contributed by atoms with E-state index in [1.54, 1.807) is 0 Å². The second-order valence-electron chi connectivity index (χ2n) is 4.56. The van der Waals surface area contributed by atoms with E-state index in [0.29, 0.717) is 0 Å². The smallest absolute Gasteiger partial charge is 0.00387 e. The number of rotatable bonds is 1. The maximum Gasteiger partial charge on any atom is 0.00387 e. The number of hydrogen-bond acceptors (Lipinski definition) is 1. The van der Waals surface area contributed by atoms with E-state index in [9.17, 15) is 0 Å². The molecule has 3 unspecified atom stereocenters. The molecule has 0 N–H and O–H groups in total. The molecule has 0 aromatic carbocycles. The molecule has 1 aliphatic heterocycles. The first-order chi connectivity index (χ1) is 5.20. The van der Waals surface area contributed by atoms with E-state index in [-0.39, 0.29) is 0 Å². The van der Waals surface area contributed by atoms with Crippen LogP contribution in [0, 0.1) is 17.8 Å². The number of fused-ring (bicyclic) bond motifs is 1. The molecule has 1 saturated heterocycles. The zero-order valence-electron chi connectivity index (χ0n) is 7.88. The SMILES string of the molecule is CC1C2CCN(C(C)C)CC12. The van der Waals surface area contributed by atoms with Gasteiger partial charge >= 0.3 is 0 Å². The summed E-state index contributed by atoms with van der Waals surface area (Å²) in [6.07, 6.45) is 1.46. The highest BCUT2D eigenvalue weighted by atomic mass is 15.2. The van der Waals surface area contributed by atoms with Gasteiger partial charge in [-0.1, -0.05) is 6.92 Å². The van der Waals surface area contributed by atoms with Crippen LogP contribution in [0.5, 0.6) is 0 Å². The molecule has 0 amide bonds. The minimum Gasteiger partial charge on any atom is -0.301 e. The molecule has 0 spiro atoms. The Bertz CT molecular complexity index is 153. The van der Waals surface area contributed by atoms with Crippen molar-refractivity contribution in [2.24, 2.45) is 17.8 Å². The maximum absolute atomic E-state index is 2.63. The average molecular weight is 153 g/mol. The van der Waals surface area contributed by atoms with Crippen LogP contribution in [0.1, 0.15) is 27.2 Å². The van der Waals surface area contributed by atoms with Gasteiger partial charge in [-0.25, -0.2) is 0 Å². The molecule has 3 atom stereocenters. The summed E-state index contributed by atoms with van der Waals surface area (Å²) >= 11 is 0. The zero-order valence-corrected chi connectivity index (χ0v) is 7.88. The summed E-state index contributed by atoms with van der Waals surface area (Å²) in [5, 5.41) is 0. The Morgan fingerprint density at radius 3 is 2.55 bits per heavy atom. The third-order valence-electron chi connectivity index (χ3n) is 3.69. The monoisotopic (exact) mass is 153 g/mol. The van der Waals surface area contributed by atoms with Crippen LogP contribution in [0.25, 0.3) is 0 Å².